The van der Waals surface area contributed by atoms with Crippen molar-refractivity contribution in [1.82, 2.24) is 4.90 Å². The van der Waals surface area contributed by atoms with E-state index in [0.29, 0.717) is 26.1 Å². The lowest BCUT2D eigenvalue weighted by molar-refractivity contribution is -0.141. The highest BCUT2D eigenvalue weighted by Gasteiger charge is 2.40. The summed E-state index contributed by atoms with van der Waals surface area (Å²) in [5.74, 6) is -0.595. The van der Waals surface area contributed by atoms with Crippen LogP contribution in [0.25, 0.3) is 0 Å². The maximum atomic E-state index is 12.6. The van der Waals surface area contributed by atoms with Crippen LogP contribution in [0.15, 0.2) is 30.3 Å². The van der Waals surface area contributed by atoms with Crippen LogP contribution in [-0.4, -0.2) is 49.6 Å². The second-order valence-electron chi connectivity index (χ2n) is 5.93. The molecule has 3 rings (SSSR count). The maximum absolute atomic E-state index is 12.6. The molecule has 2 fully saturated rings. The summed E-state index contributed by atoms with van der Waals surface area (Å²) in [6, 6.07) is 9.57. The fourth-order valence-electron chi connectivity index (χ4n) is 3.31. The van der Waals surface area contributed by atoms with Crippen molar-refractivity contribution in [2.24, 2.45) is 5.92 Å². The first-order valence-corrected chi connectivity index (χ1v) is 7.88. The molecule has 0 aliphatic carbocycles. The summed E-state index contributed by atoms with van der Waals surface area (Å²) in [6.45, 7) is 1.99. The molecule has 5 nitrogen and oxygen atoms in total. The van der Waals surface area contributed by atoms with Gasteiger partial charge < -0.3 is 14.5 Å². The molecule has 2 saturated heterocycles. The topological polar surface area (TPSA) is 49.9 Å². The smallest absolute Gasteiger partial charge is 0.239 e. The molecule has 1 aromatic rings. The fraction of sp³-hybridized carbons (Fsp3) is 0.529. The Hall–Kier alpha value is -1.88. The first-order chi connectivity index (χ1) is 10.7. The van der Waals surface area contributed by atoms with Gasteiger partial charge in [-0.1, -0.05) is 18.2 Å². The number of carbonyl (C=O) groups is 2. The normalized spacial score (nSPS) is 23.1. The van der Waals surface area contributed by atoms with Gasteiger partial charge in [0.2, 0.25) is 11.8 Å². The number of rotatable bonds is 3. The van der Waals surface area contributed by atoms with E-state index in [-0.39, 0.29) is 17.9 Å². The van der Waals surface area contributed by atoms with Crippen LogP contribution in [0.1, 0.15) is 19.3 Å². The van der Waals surface area contributed by atoms with E-state index in [1.165, 1.54) is 0 Å². The van der Waals surface area contributed by atoms with Crippen molar-refractivity contribution in [3.05, 3.63) is 30.3 Å². The van der Waals surface area contributed by atoms with Crippen molar-refractivity contribution in [3.8, 4) is 0 Å². The molecular weight excluding hydrogens is 280 g/mol. The van der Waals surface area contributed by atoms with Crippen molar-refractivity contribution in [2.75, 3.05) is 31.6 Å². The lowest BCUT2D eigenvalue weighted by Gasteiger charge is -2.32. The van der Waals surface area contributed by atoms with Crippen LogP contribution >= 0.6 is 0 Å². The number of amides is 2. The zero-order valence-electron chi connectivity index (χ0n) is 12.9. The lowest BCUT2D eigenvalue weighted by atomic mass is 10.0. The monoisotopic (exact) mass is 302 g/mol. The zero-order valence-corrected chi connectivity index (χ0v) is 12.9. The number of para-hydroxylation sites is 1. The van der Waals surface area contributed by atoms with E-state index < -0.39 is 5.92 Å². The minimum absolute atomic E-state index is 0.0158. The van der Waals surface area contributed by atoms with Gasteiger partial charge in [-0.2, -0.15) is 0 Å². The van der Waals surface area contributed by atoms with E-state index in [1.54, 1.807) is 12.0 Å². The average molecular weight is 302 g/mol. The van der Waals surface area contributed by atoms with E-state index in [2.05, 4.69) is 0 Å². The molecule has 0 N–H and O–H groups in total. The third-order valence-electron chi connectivity index (χ3n) is 4.66. The van der Waals surface area contributed by atoms with Crippen molar-refractivity contribution in [1.29, 1.82) is 0 Å². The van der Waals surface area contributed by atoms with Crippen molar-refractivity contribution >= 4 is 17.5 Å². The second kappa shape index (κ2) is 6.48. The quantitative estimate of drug-likeness (QED) is 0.798. The summed E-state index contributed by atoms with van der Waals surface area (Å²) in [4.78, 5) is 28.7. The summed E-state index contributed by atoms with van der Waals surface area (Å²) in [5.41, 5.74) is 0.876. The van der Waals surface area contributed by atoms with E-state index in [4.69, 9.17) is 4.74 Å². The minimum Gasteiger partial charge on any atom is -0.381 e. The van der Waals surface area contributed by atoms with Gasteiger partial charge in [0.05, 0.1) is 6.10 Å². The summed E-state index contributed by atoms with van der Waals surface area (Å²) in [7, 11) is 1.71. The third-order valence-corrected chi connectivity index (χ3v) is 4.66. The molecule has 2 aliphatic rings. The molecule has 0 spiro atoms. The standard InChI is InChI=1S/C17H22N2O3/c1-22-14-7-10-18(11-8-14)16(20)15-9-12-19(17(15)21)13-5-3-2-4-6-13/h2-6,14-15H,7-12H2,1H3/t15-/m0/s1. The molecule has 5 heteroatoms. The van der Waals surface area contributed by atoms with E-state index in [1.807, 2.05) is 35.2 Å². The third kappa shape index (κ3) is 2.86. The zero-order chi connectivity index (χ0) is 15.5. The number of anilines is 1. The van der Waals surface area contributed by atoms with Gasteiger partial charge in [0, 0.05) is 32.4 Å². The van der Waals surface area contributed by atoms with Gasteiger partial charge in [0.25, 0.3) is 0 Å². The number of ether oxygens (including phenoxy) is 1. The number of piperidine rings is 1. The Morgan fingerprint density at radius 2 is 1.77 bits per heavy atom. The Morgan fingerprint density at radius 3 is 2.41 bits per heavy atom. The Bertz CT molecular complexity index is 538. The molecule has 2 aliphatic heterocycles. The summed E-state index contributed by atoms with van der Waals surface area (Å²) in [6.07, 6.45) is 2.55. The largest absolute Gasteiger partial charge is 0.381 e. The minimum atomic E-state index is -0.515. The molecule has 0 aromatic heterocycles. The van der Waals surface area contributed by atoms with Crippen LogP contribution in [0.5, 0.6) is 0 Å². The van der Waals surface area contributed by atoms with Crippen LogP contribution in [0.2, 0.25) is 0 Å². The van der Waals surface area contributed by atoms with Crippen LogP contribution in [0, 0.1) is 5.92 Å². The maximum Gasteiger partial charge on any atom is 0.239 e. The van der Waals surface area contributed by atoms with Gasteiger partial charge >= 0.3 is 0 Å². The SMILES string of the molecule is COC1CCN(C(=O)[C@@H]2CCN(c3ccccc3)C2=O)CC1. The highest BCUT2D eigenvalue weighted by molar-refractivity contribution is 6.09. The molecule has 0 unspecified atom stereocenters. The van der Waals surface area contributed by atoms with Gasteiger partial charge in [-0.05, 0) is 31.4 Å². The number of nitrogens with zero attached hydrogens (tertiary/aromatic N) is 2. The van der Waals surface area contributed by atoms with Crippen LogP contribution in [0.3, 0.4) is 0 Å². The summed E-state index contributed by atoms with van der Waals surface area (Å²) >= 11 is 0. The summed E-state index contributed by atoms with van der Waals surface area (Å²) in [5, 5.41) is 0. The number of methoxy groups -OCH3 is 1. The number of carbonyl (C=O) groups excluding carboxylic acids is 2. The van der Waals surface area contributed by atoms with Gasteiger partial charge in [-0.15, -0.1) is 0 Å². The molecule has 0 radical (unpaired) electrons. The van der Waals surface area contributed by atoms with Crippen LogP contribution in [-0.2, 0) is 14.3 Å². The number of benzene rings is 1. The summed E-state index contributed by atoms with van der Waals surface area (Å²) < 4.78 is 5.33. The Kier molecular flexibility index (Phi) is 4.43. The Balaban J connectivity index is 1.64. The van der Waals surface area contributed by atoms with E-state index >= 15 is 0 Å². The molecule has 0 bridgehead atoms. The predicted octanol–water partition coefficient (Wildman–Crippen LogP) is 1.68. The van der Waals surface area contributed by atoms with Crippen LogP contribution in [0.4, 0.5) is 5.69 Å². The molecule has 1 aromatic carbocycles. The van der Waals surface area contributed by atoms with Crippen LogP contribution < -0.4 is 4.90 Å². The lowest BCUT2D eigenvalue weighted by Crippen LogP contribution is -2.45. The molecule has 2 heterocycles. The van der Waals surface area contributed by atoms with Gasteiger partial charge in [-0.3, -0.25) is 9.59 Å². The van der Waals surface area contributed by atoms with Gasteiger partial charge in [0.15, 0.2) is 0 Å². The molecule has 1 atom stereocenters. The first kappa shape index (κ1) is 15.0. The fourth-order valence-corrected chi connectivity index (χ4v) is 3.31. The first-order valence-electron chi connectivity index (χ1n) is 7.88. The molecular formula is C17H22N2O3. The van der Waals surface area contributed by atoms with E-state index in [0.717, 1.165) is 18.5 Å². The Labute approximate surface area is 130 Å². The number of hydrogen-bond donors (Lipinski definition) is 0. The number of hydrogen-bond acceptors (Lipinski definition) is 3. The van der Waals surface area contributed by atoms with Gasteiger partial charge in [0.1, 0.15) is 5.92 Å². The molecule has 2 amide bonds. The van der Waals surface area contributed by atoms with E-state index in [9.17, 15) is 9.59 Å². The Morgan fingerprint density at radius 1 is 1.09 bits per heavy atom. The highest BCUT2D eigenvalue weighted by Crippen LogP contribution is 2.27. The highest BCUT2D eigenvalue weighted by atomic mass is 16.5. The number of likely N-dealkylation sites (tertiary alicyclic amines) is 1. The molecule has 0 saturated carbocycles. The van der Waals surface area contributed by atoms with Crippen molar-refractivity contribution in [3.63, 3.8) is 0 Å². The predicted molar refractivity (Wildman–Crippen MR) is 83.5 cm³/mol. The molecule has 118 valence electrons. The average Bonchev–Trinajstić information content (AvgIpc) is 2.96. The van der Waals surface area contributed by atoms with Crippen molar-refractivity contribution < 1.29 is 14.3 Å². The molecule has 22 heavy (non-hydrogen) atoms. The van der Waals surface area contributed by atoms with Gasteiger partial charge in [-0.25, -0.2) is 0 Å². The second-order valence-corrected chi connectivity index (χ2v) is 5.93. The van der Waals surface area contributed by atoms with Crippen molar-refractivity contribution in [2.45, 2.75) is 25.4 Å².